The number of rotatable bonds is 3. The smallest absolute Gasteiger partial charge is 0.0482 e. The summed E-state index contributed by atoms with van der Waals surface area (Å²) in [7, 11) is 2.30. The standard InChI is InChI=1S/C17H26N4/c1-21-13-5-6-14(21)10-12(9-13)17(20-18)15-7-4-11-3-2-8-19-16(11)15/h2-3,8,12-15,17,20H,4-7,9-10,18H2,1H3. The van der Waals surface area contributed by atoms with Crippen molar-refractivity contribution in [2.75, 3.05) is 7.05 Å². The summed E-state index contributed by atoms with van der Waals surface area (Å²) in [6, 6.07) is 6.22. The minimum absolute atomic E-state index is 0.387. The van der Waals surface area contributed by atoms with Crippen LogP contribution >= 0.6 is 0 Å². The Kier molecular flexibility index (Phi) is 3.48. The summed E-state index contributed by atoms with van der Waals surface area (Å²) in [5.74, 6) is 7.19. The van der Waals surface area contributed by atoms with Crippen molar-refractivity contribution in [3.63, 3.8) is 0 Å². The molecular weight excluding hydrogens is 260 g/mol. The van der Waals surface area contributed by atoms with Crippen LogP contribution in [0.5, 0.6) is 0 Å². The zero-order chi connectivity index (χ0) is 14.4. The van der Waals surface area contributed by atoms with Gasteiger partial charge in [-0.15, -0.1) is 0 Å². The molecule has 0 aromatic carbocycles. The quantitative estimate of drug-likeness (QED) is 0.657. The first kappa shape index (κ1) is 13.7. The highest BCUT2D eigenvalue weighted by Crippen LogP contribution is 2.44. The molecule has 21 heavy (non-hydrogen) atoms. The van der Waals surface area contributed by atoms with Crippen molar-refractivity contribution in [3.05, 3.63) is 29.6 Å². The monoisotopic (exact) mass is 286 g/mol. The molecule has 1 aromatic rings. The molecule has 114 valence electrons. The van der Waals surface area contributed by atoms with E-state index in [2.05, 4.69) is 34.5 Å². The lowest BCUT2D eigenvalue weighted by Crippen LogP contribution is -2.51. The minimum Gasteiger partial charge on any atom is -0.300 e. The van der Waals surface area contributed by atoms with Crippen LogP contribution in [0.1, 0.15) is 49.3 Å². The second kappa shape index (κ2) is 5.34. The van der Waals surface area contributed by atoms with Crippen LogP contribution < -0.4 is 11.3 Å². The van der Waals surface area contributed by atoms with Gasteiger partial charge in [0.25, 0.3) is 0 Å². The largest absolute Gasteiger partial charge is 0.300 e. The van der Waals surface area contributed by atoms with Crippen LogP contribution in [0.3, 0.4) is 0 Å². The fraction of sp³-hybridized carbons (Fsp3) is 0.706. The van der Waals surface area contributed by atoms with E-state index in [1.165, 1.54) is 43.4 Å². The highest BCUT2D eigenvalue weighted by Gasteiger charge is 2.44. The fourth-order valence-electron chi connectivity index (χ4n) is 5.12. The van der Waals surface area contributed by atoms with Gasteiger partial charge in [-0.1, -0.05) is 6.07 Å². The second-order valence-corrected chi connectivity index (χ2v) is 7.17. The molecule has 3 N–H and O–H groups in total. The van der Waals surface area contributed by atoms with E-state index in [0.717, 1.165) is 18.5 Å². The molecule has 0 radical (unpaired) electrons. The Morgan fingerprint density at radius 2 is 2.05 bits per heavy atom. The van der Waals surface area contributed by atoms with E-state index in [-0.39, 0.29) is 0 Å². The van der Waals surface area contributed by atoms with Gasteiger partial charge in [-0.3, -0.25) is 16.3 Å². The van der Waals surface area contributed by atoms with E-state index in [1.807, 2.05) is 6.20 Å². The molecule has 4 rings (SSSR count). The number of piperidine rings is 1. The number of hydrogen-bond donors (Lipinski definition) is 2. The van der Waals surface area contributed by atoms with Crippen LogP contribution in [-0.4, -0.2) is 35.1 Å². The number of aromatic nitrogens is 1. The van der Waals surface area contributed by atoms with E-state index >= 15 is 0 Å². The molecule has 4 nitrogen and oxygen atoms in total. The Balaban J connectivity index is 1.56. The van der Waals surface area contributed by atoms with Gasteiger partial charge in [0, 0.05) is 35.9 Å². The number of nitrogens with zero attached hydrogens (tertiary/aromatic N) is 2. The third kappa shape index (κ3) is 2.20. The number of hydrogen-bond acceptors (Lipinski definition) is 4. The van der Waals surface area contributed by atoms with Gasteiger partial charge in [-0.2, -0.15) is 0 Å². The van der Waals surface area contributed by atoms with E-state index in [9.17, 15) is 0 Å². The SMILES string of the molecule is CN1C2CCC1CC(C(NN)C1CCc3cccnc31)C2. The van der Waals surface area contributed by atoms with Crippen molar-refractivity contribution in [1.82, 2.24) is 15.3 Å². The number of hydrazine groups is 1. The summed E-state index contributed by atoms with van der Waals surface area (Å²) >= 11 is 0. The molecule has 4 heteroatoms. The van der Waals surface area contributed by atoms with Crippen LogP contribution in [-0.2, 0) is 6.42 Å². The Bertz CT molecular complexity index is 503. The molecule has 0 spiro atoms. The number of pyridine rings is 1. The third-order valence-corrected chi connectivity index (χ3v) is 6.27. The van der Waals surface area contributed by atoms with Gasteiger partial charge in [0.2, 0.25) is 0 Å². The lowest BCUT2D eigenvalue weighted by Gasteiger charge is -2.41. The molecule has 3 heterocycles. The Hall–Kier alpha value is -0.970. The number of nitrogens with one attached hydrogen (secondary N) is 1. The zero-order valence-electron chi connectivity index (χ0n) is 12.8. The molecule has 0 amide bonds. The molecule has 1 aromatic heterocycles. The van der Waals surface area contributed by atoms with E-state index in [1.54, 1.807) is 0 Å². The Morgan fingerprint density at radius 1 is 1.29 bits per heavy atom. The lowest BCUT2D eigenvalue weighted by molar-refractivity contribution is 0.104. The maximum absolute atomic E-state index is 6.00. The number of aryl methyl sites for hydroxylation is 1. The summed E-state index contributed by atoms with van der Waals surface area (Å²) in [4.78, 5) is 7.27. The van der Waals surface area contributed by atoms with E-state index in [4.69, 9.17) is 5.84 Å². The zero-order valence-corrected chi connectivity index (χ0v) is 12.8. The summed E-state index contributed by atoms with van der Waals surface area (Å²) in [6.07, 6.45) is 9.61. The van der Waals surface area contributed by atoms with Gasteiger partial charge < -0.3 is 4.90 Å². The molecule has 1 aliphatic carbocycles. The van der Waals surface area contributed by atoms with Gasteiger partial charge >= 0.3 is 0 Å². The molecule has 4 unspecified atom stereocenters. The normalized spacial score (nSPS) is 36.7. The van der Waals surface area contributed by atoms with Gasteiger partial charge in [0.05, 0.1) is 0 Å². The van der Waals surface area contributed by atoms with Crippen LogP contribution in [0, 0.1) is 5.92 Å². The number of nitrogens with two attached hydrogens (primary N) is 1. The molecule has 2 aliphatic heterocycles. The van der Waals surface area contributed by atoms with Gasteiger partial charge in [-0.05, 0) is 63.1 Å². The summed E-state index contributed by atoms with van der Waals surface area (Å²) in [5.41, 5.74) is 5.91. The topological polar surface area (TPSA) is 54.2 Å². The van der Waals surface area contributed by atoms with Crippen molar-refractivity contribution < 1.29 is 0 Å². The molecule has 0 saturated carbocycles. The average Bonchev–Trinajstić information content (AvgIpc) is 2.98. The first-order valence-corrected chi connectivity index (χ1v) is 8.39. The summed E-state index contributed by atoms with van der Waals surface area (Å²) < 4.78 is 0. The molecule has 3 aliphatic rings. The predicted octanol–water partition coefficient (Wildman–Crippen LogP) is 1.82. The predicted molar refractivity (Wildman–Crippen MR) is 83.7 cm³/mol. The molecule has 2 saturated heterocycles. The summed E-state index contributed by atoms with van der Waals surface area (Å²) in [6.45, 7) is 0. The highest BCUT2D eigenvalue weighted by atomic mass is 15.3. The van der Waals surface area contributed by atoms with Crippen molar-refractivity contribution in [3.8, 4) is 0 Å². The first-order chi connectivity index (χ1) is 10.3. The maximum Gasteiger partial charge on any atom is 0.0482 e. The minimum atomic E-state index is 0.387. The van der Waals surface area contributed by atoms with Crippen LogP contribution in [0.15, 0.2) is 18.3 Å². The van der Waals surface area contributed by atoms with E-state index in [0.29, 0.717) is 17.9 Å². The second-order valence-electron chi connectivity index (χ2n) is 7.17. The lowest BCUT2D eigenvalue weighted by atomic mass is 9.78. The van der Waals surface area contributed by atoms with Crippen LogP contribution in [0.2, 0.25) is 0 Å². The Morgan fingerprint density at radius 3 is 2.76 bits per heavy atom. The molecule has 4 atom stereocenters. The summed E-state index contributed by atoms with van der Waals surface area (Å²) in [5, 5.41) is 0. The fourth-order valence-corrected chi connectivity index (χ4v) is 5.12. The Labute approximate surface area is 127 Å². The third-order valence-electron chi connectivity index (χ3n) is 6.27. The number of fused-ring (bicyclic) bond motifs is 3. The van der Waals surface area contributed by atoms with Crippen LogP contribution in [0.25, 0.3) is 0 Å². The van der Waals surface area contributed by atoms with Gasteiger partial charge in [-0.25, -0.2) is 0 Å². The molecular formula is C17H26N4. The van der Waals surface area contributed by atoms with Crippen molar-refractivity contribution in [1.29, 1.82) is 0 Å². The van der Waals surface area contributed by atoms with Crippen LogP contribution in [0.4, 0.5) is 0 Å². The van der Waals surface area contributed by atoms with Gasteiger partial charge in [0.1, 0.15) is 0 Å². The van der Waals surface area contributed by atoms with Crippen molar-refractivity contribution in [2.24, 2.45) is 11.8 Å². The maximum atomic E-state index is 6.00. The van der Waals surface area contributed by atoms with Crippen molar-refractivity contribution >= 4 is 0 Å². The van der Waals surface area contributed by atoms with Gasteiger partial charge in [0.15, 0.2) is 0 Å². The molecule has 2 bridgehead atoms. The van der Waals surface area contributed by atoms with E-state index < -0.39 is 0 Å². The average molecular weight is 286 g/mol. The molecule has 2 fully saturated rings. The highest BCUT2D eigenvalue weighted by molar-refractivity contribution is 5.30. The first-order valence-electron chi connectivity index (χ1n) is 8.39. The van der Waals surface area contributed by atoms with Crippen molar-refractivity contribution in [2.45, 2.75) is 62.6 Å².